The lowest BCUT2D eigenvalue weighted by Crippen LogP contribution is -2.85. The molecule has 2 spiro atoms. The van der Waals surface area contributed by atoms with Gasteiger partial charge < -0.3 is 20.1 Å². The van der Waals surface area contributed by atoms with Crippen molar-refractivity contribution in [2.45, 2.75) is 63.9 Å². The molecule has 2 aliphatic heterocycles. The first-order valence-electron chi connectivity index (χ1n) is 9.62. The summed E-state index contributed by atoms with van der Waals surface area (Å²) in [4.78, 5) is 26.5. The average Bonchev–Trinajstić information content (AvgIpc) is 2.66. The Morgan fingerprint density at radius 1 is 1.12 bits per heavy atom. The van der Waals surface area contributed by atoms with Crippen molar-refractivity contribution in [3.8, 4) is 0 Å². The van der Waals surface area contributed by atoms with Gasteiger partial charge in [-0.3, -0.25) is 9.59 Å². The third kappa shape index (κ3) is 1.34. The number of Topliss-reactive ketones (excluding diaryl/α,β-unsaturated/α-hetero) is 1. The van der Waals surface area contributed by atoms with Gasteiger partial charge in [0.1, 0.15) is 11.5 Å². The van der Waals surface area contributed by atoms with Gasteiger partial charge in [0, 0.05) is 11.8 Å². The predicted octanol–water partition coefficient (Wildman–Crippen LogP) is 0.931. The van der Waals surface area contributed by atoms with Gasteiger partial charge in [-0.05, 0) is 42.6 Å². The van der Waals surface area contributed by atoms with Crippen molar-refractivity contribution in [1.29, 1.82) is 0 Å². The van der Waals surface area contributed by atoms with E-state index in [0.29, 0.717) is 19.3 Å². The van der Waals surface area contributed by atoms with Crippen molar-refractivity contribution in [1.82, 2.24) is 0 Å². The number of rotatable bonds is 0. The molecule has 6 aliphatic rings. The van der Waals surface area contributed by atoms with Crippen LogP contribution in [-0.4, -0.2) is 45.1 Å². The highest BCUT2D eigenvalue weighted by Gasteiger charge is 2.88. The molecule has 4 saturated carbocycles. The molecule has 142 valence electrons. The lowest BCUT2D eigenvalue weighted by Gasteiger charge is -2.72. The lowest BCUT2D eigenvalue weighted by atomic mass is 9.36. The van der Waals surface area contributed by atoms with E-state index in [1.165, 1.54) is 0 Å². The third-order valence-electron chi connectivity index (χ3n) is 8.65. The Kier molecular flexibility index (Phi) is 2.87. The number of ether oxygens (including phenoxy) is 1. The molecule has 8 atom stereocenters. The normalized spacial score (nSPS) is 56.8. The maximum absolute atomic E-state index is 13.3. The Morgan fingerprint density at radius 3 is 2.50 bits per heavy atom. The van der Waals surface area contributed by atoms with Gasteiger partial charge in [-0.1, -0.05) is 26.8 Å². The molecule has 6 nitrogen and oxygen atoms in total. The Morgan fingerprint density at radius 2 is 1.81 bits per heavy atom. The van der Waals surface area contributed by atoms with Crippen LogP contribution >= 0.6 is 0 Å². The van der Waals surface area contributed by atoms with E-state index in [1.54, 1.807) is 0 Å². The second kappa shape index (κ2) is 4.42. The highest BCUT2D eigenvalue weighted by molar-refractivity contribution is 6.06. The number of hydrogen-bond acceptors (Lipinski definition) is 6. The van der Waals surface area contributed by atoms with E-state index in [9.17, 15) is 24.9 Å². The first-order chi connectivity index (χ1) is 12.1. The summed E-state index contributed by atoms with van der Waals surface area (Å²) in [5, 5.41) is 33.9. The molecular weight excluding hydrogens is 336 g/mol. The lowest BCUT2D eigenvalue weighted by molar-refractivity contribution is -0.414. The molecule has 26 heavy (non-hydrogen) atoms. The molecule has 0 unspecified atom stereocenters. The highest BCUT2D eigenvalue weighted by atomic mass is 16.7. The summed E-state index contributed by atoms with van der Waals surface area (Å²) in [5.74, 6) is -4.84. The molecule has 6 rings (SSSR count). The SMILES string of the molecule is C=C1C(=O)[C@]23[C@H](O)[C@H]1CC[C@H]2[C@]12CCCC(C)(C)[C@H]1[C@H](O)[C@]3(O)OC2=O. The van der Waals surface area contributed by atoms with E-state index >= 15 is 0 Å². The fourth-order valence-corrected chi connectivity index (χ4v) is 7.80. The quantitative estimate of drug-likeness (QED) is 0.437. The molecule has 0 amide bonds. The molecule has 2 saturated heterocycles. The topological polar surface area (TPSA) is 104 Å². The van der Waals surface area contributed by atoms with Gasteiger partial charge in [-0.15, -0.1) is 0 Å². The van der Waals surface area contributed by atoms with E-state index in [0.717, 1.165) is 12.8 Å². The van der Waals surface area contributed by atoms with Gasteiger partial charge in [0.05, 0.1) is 11.5 Å². The summed E-state index contributed by atoms with van der Waals surface area (Å²) in [5.41, 5.74) is -2.83. The monoisotopic (exact) mass is 362 g/mol. The van der Waals surface area contributed by atoms with Crippen molar-refractivity contribution in [3.63, 3.8) is 0 Å². The van der Waals surface area contributed by atoms with Crippen LogP contribution in [0.4, 0.5) is 0 Å². The van der Waals surface area contributed by atoms with Crippen LogP contribution in [-0.2, 0) is 14.3 Å². The number of hydrogen-bond donors (Lipinski definition) is 3. The van der Waals surface area contributed by atoms with Crippen molar-refractivity contribution >= 4 is 11.8 Å². The zero-order valence-corrected chi connectivity index (χ0v) is 15.2. The number of esters is 1. The Hall–Kier alpha value is -1.24. The molecular formula is C20H26O6. The smallest absolute Gasteiger partial charge is 0.315 e. The molecule has 0 aromatic carbocycles. The molecule has 0 aromatic rings. The summed E-state index contributed by atoms with van der Waals surface area (Å²) in [6.07, 6.45) is 0.634. The highest BCUT2D eigenvalue weighted by Crippen LogP contribution is 2.76. The third-order valence-corrected chi connectivity index (χ3v) is 8.65. The van der Waals surface area contributed by atoms with E-state index in [4.69, 9.17) is 4.74 Å². The minimum atomic E-state index is -2.40. The number of carbonyl (C=O) groups is 2. The van der Waals surface area contributed by atoms with Gasteiger partial charge in [0.15, 0.2) is 5.78 Å². The number of aliphatic hydroxyl groups excluding tert-OH is 2. The molecule has 6 heteroatoms. The Bertz CT molecular complexity index is 757. The maximum Gasteiger partial charge on any atom is 0.315 e. The van der Waals surface area contributed by atoms with Crippen LogP contribution in [0, 0.1) is 34.0 Å². The second-order valence-electron chi connectivity index (χ2n) is 9.80. The number of fused-ring (bicyclic) bond motifs is 2. The summed E-state index contributed by atoms with van der Waals surface area (Å²) in [6.45, 7) is 7.87. The summed E-state index contributed by atoms with van der Waals surface area (Å²) >= 11 is 0. The largest absolute Gasteiger partial charge is 0.429 e. The number of ketones is 1. The van der Waals surface area contributed by atoms with Gasteiger partial charge >= 0.3 is 5.97 Å². The summed E-state index contributed by atoms with van der Waals surface area (Å²) in [6, 6.07) is 0. The van der Waals surface area contributed by atoms with Crippen LogP contribution in [0.25, 0.3) is 0 Å². The van der Waals surface area contributed by atoms with Gasteiger partial charge in [-0.25, -0.2) is 0 Å². The fraction of sp³-hybridized carbons (Fsp3) is 0.800. The summed E-state index contributed by atoms with van der Waals surface area (Å²) < 4.78 is 5.46. The molecule has 2 heterocycles. The molecule has 4 aliphatic carbocycles. The van der Waals surface area contributed by atoms with Crippen molar-refractivity contribution < 1.29 is 29.6 Å². The van der Waals surface area contributed by atoms with E-state index in [2.05, 4.69) is 6.58 Å². The van der Waals surface area contributed by atoms with Crippen molar-refractivity contribution in [2.24, 2.45) is 34.0 Å². The Labute approximate surface area is 152 Å². The first kappa shape index (κ1) is 16.9. The number of carbonyl (C=O) groups excluding carboxylic acids is 2. The van der Waals surface area contributed by atoms with Gasteiger partial charge in [0.25, 0.3) is 5.79 Å². The van der Waals surface area contributed by atoms with E-state index in [1.807, 2.05) is 13.8 Å². The molecule has 4 bridgehead atoms. The van der Waals surface area contributed by atoms with Crippen LogP contribution in [0.2, 0.25) is 0 Å². The van der Waals surface area contributed by atoms with Gasteiger partial charge in [0.2, 0.25) is 0 Å². The predicted molar refractivity (Wildman–Crippen MR) is 89.4 cm³/mol. The van der Waals surface area contributed by atoms with Crippen molar-refractivity contribution in [2.75, 3.05) is 0 Å². The molecule has 0 radical (unpaired) electrons. The van der Waals surface area contributed by atoms with E-state index in [-0.39, 0.29) is 11.0 Å². The molecule has 6 fully saturated rings. The van der Waals surface area contributed by atoms with Gasteiger partial charge in [-0.2, -0.15) is 0 Å². The minimum Gasteiger partial charge on any atom is -0.429 e. The zero-order valence-electron chi connectivity index (χ0n) is 15.2. The second-order valence-corrected chi connectivity index (χ2v) is 9.80. The van der Waals surface area contributed by atoms with Crippen LogP contribution in [0.3, 0.4) is 0 Å². The minimum absolute atomic E-state index is 0.284. The summed E-state index contributed by atoms with van der Waals surface area (Å²) in [7, 11) is 0. The Balaban J connectivity index is 1.83. The zero-order chi connectivity index (χ0) is 18.9. The molecule has 0 aromatic heterocycles. The van der Waals surface area contributed by atoms with Crippen LogP contribution in [0.1, 0.15) is 46.0 Å². The number of aliphatic hydroxyl groups is 3. The van der Waals surface area contributed by atoms with E-state index < -0.39 is 58.3 Å². The maximum atomic E-state index is 13.3. The standard InChI is InChI=1S/C20H26O6/c1-9-10-5-6-11-18-8-4-7-17(2,3)12(18)15(23)20(25,26-16(18)24)19(11,13(9)21)14(10)22/h10-12,14-15,22-23,25H,1,4-8H2,2-3H3/t10-,11-,12+,14+,15-,18+,19-,20-/m0/s1. The van der Waals surface area contributed by atoms with Crippen LogP contribution < -0.4 is 0 Å². The fourth-order valence-electron chi connectivity index (χ4n) is 7.80. The average molecular weight is 362 g/mol. The van der Waals surface area contributed by atoms with Crippen molar-refractivity contribution in [3.05, 3.63) is 12.2 Å². The first-order valence-corrected chi connectivity index (χ1v) is 9.62. The van der Waals surface area contributed by atoms with Crippen LogP contribution in [0.15, 0.2) is 12.2 Å². The molecule has 3 N–H and O–H groups in total. The van der Waals surface area contributed by atoms with Crippen LogP contribution in [0.5, 0.6) is 0 Å².